The fourth-order valence-corrected chi connectivity index (χ4v) is 10.4. The van der Waals surface area contributed by atoms with Crippen molar-refractivity contribution in [2.24, 2.45) is 75.4 Å². The molecule has 306 valence electrons. The van der Waals surface area contributed by atoms with E-state index < -0.39 is 5.92 Å². The fourth-order valence-electron chi connectivity index (χ4n) is 10.4. The SMILES string of the molecule is CC(C)C1(C)CCC1.CC(C)C1(c2ccccc2)CCC1.CC(C)C12CC(C1)C2.CC(C)C1CC(F)(F)C1.CC(C)C1CC12CC2.CC(C)C1CCC1. The number of benzene rings is 1. The lowest BCUT2D eigenvalue weighted by atomic mass is 9.41. The molecule has 10 rings (SSSR count). The normalized spacial score (nSPS) is 29.7. The van der Waals surface area contributed by atoms with Crippen molar-refractivity contribution in [2.75, 3.05) is 0 Å². The lowest BCUT2D eigenvalue weighted by Crippen LogP contribution is -2.54. The molecule has 2 heteroatoms. The van der Waals surface area contributed by atoms with E-state index in [1.807, 2.05) is 13.8 Å². The van der Waals surface area contributed by atoms with Gasteiger partial charge < -0.3 is 0 Å². The summed E-state index contributed by atoms with van der Waals surface area (Å²) in [6.45, 7) is 29.9. The molecule has 9 aliphatic rings. The number of hydrogen-bond acceptors (Lipinski definition) is 0. The van der Waals surface area contributed by atoms with E-state index >= 15 is 0 Å². The largest absolute Gasteiger partial charge is 0.248 e. The molecule has 0 heterocycles. The van der Waals surface area contributed by atoms with Gasteiger partial charge in [0.15, 0.2) is 0 Å². The zero-order chi connectivity index (χ0) is 39.4. The van der Waals surface area contributed by atoms with Gasteiger partial charge in [-0.15, -0.1) is 0 Å². The molecule has 9 fully saturated rings. The van der Waals surface area contributed by atoms with Crippen LogP contribution in [-0.2, 0) is 5.41 Å². The second kappa shape index (κ2) is 18.1. The van der Waals surface area contributed by atoms with Crippen molar-refractivity contribution in [1.29, 1.82) is 0 Å². The third kappa shape index (κ3) is 11.4. The highest BCUT2D eigenvalue weighted by atomic mass is 19.3. The Labute approximate surface area is 329 Å². The van der Waals surface area contributed by atoms with E-state index in [-0.39, 0.29) is 18.8 Å². The zero-order valence-corrected chi connectivity index (χ0v) is 37.4. The van der Waals surface area contributed by atoms with Gasteiger partial charge in [-0.1, -0.05) is 152 Å². The van der Waals surface area contributed by atoms with Crippen molar-refractivity contribution in [2.45, 2.75) is 211 Å². The lowest BCUT2D eigenvalue weighted by Gasteiger charge is -2.64. The molecule has 0 amide bonds. The standard InChI is InChI=1S/C13H18.2C8H14.C8H16.C7H12F2.C7H14/c1-11(2)13(9-6-10-13)12-7-4-3-5-8-12;1-6(2)8-3-7(4-8)5-8;1-6(2)7-5-8(7)3-4-8;1-7(2)8(3)5-4-6-8;1-5(2)6-3-7(8,9)4-6;1-6(2)7-4-3-5-7/h3-5,7-8,11H,6,9-10H2,1-2H3;2*6-7H,3-5H2,1-2H3;7H,4-6H2,1-3H3;5-6H,3-4H2,1-2H3;6-7H,3-5H2,1-2H3. The quantitative estimate of drug-likeness (QED) is 0.261. The summed E-state index contributed by atoms with van der Waals surface area (Å²) in [6.07, 6.45) is 22.6. The summed E-state index contributed by atoms with van der Waals surface area (Å²) in [4.78, 5) is 0. The molecule has 9 saturated carbocycles. The molecule has 1 spiro atoms. The second-order valence-electron chi connectivity index (χ2n) is 22.3. The summed E-state index contributed by atoms with van der Waals surface area (Å²) in [5.41, 5.74) is 4.59. The van der Waals surface area contributed by atoms with Crippen LogP contribution in [0, 0.1) is 75.4 Å². The second-order valence-corrected chi connectivity index (χ2v) is 22.3. The maximum Gasteiger partial charge on any atom is 0.248 e. The molecule has 0 saturated heterocycles. The van der Waals surface area contributed by atoms with Crippen molar-refractivity contribution < 1.29 is 8.78 Å². The fraction of sp³-hybridized carbons (Fsp3) is 0.882. The molecule has 1 aromatic carbocycles. The maximum atomic E-state index is 12.1. The molecule has 0 aromatic heterocycles. The van der Waals surface area contributed by atoms with E-state index in [1.165, 1.54) is 57.8 Å². The minimum atomic E-state index is -2.32. The summed E-state index contributed by atoms with van der Waals surface area (Å²) >= 11 is 0. The predicted molar refractivity (Wildman–Crippen MR) is 228 cm³/mol. The molecule has 0 N–H and O–H groups in total. The maximum absolute atomic E-state index is 12.1. The molecule has 0 nitrogen and oxygen atoms in total. The van der Waals surface area contributed by atoms with Crippen LogP contribution in [-0.4, -0.2) is 5.92 Å². The Balaban J connectivity index is 0.000000144. The summed E-state index contributed by atoms with van der Waals surface area (Å²) in [5.74, 6) is 6.33. The molecule has 53 heavy (non-hydrogen) atoms. The molecule has 1 aromatic rings. The smallest absolute Gasteiger partial charge is 0.207 e. The number of rotatable bonds is 7. The summed E-state index contributed by atoms with van der Waals surface area (Å²) in [7, 11) is 0. The van der Waals surface area contributed by atoms with Crippen LogP contribution in [0.4, 0.5) is 8.78 Å². The Morgan fingerprint density at radius 2 is 1.04 bits per heavy atom. The number of alkyl halides is 2. The molecule has 9 aliphatic carbocycles. The highest BCUT2D eigenvalue weighted by molar-refractivity contribution is 5.28. The van der Waals surface area contributed by atoms with Gasteiger partial charge in [0.2, 0.25) is 5.92 Å². The summed E-state index contributed by atoms with van der Waals surface area (Å²) in [5, 5.41) is 0. The minimum absolute atomic E-state index is 0.116. The van der Waals surface area contributed by atoms with Crippen LogP contribution in [0.1, 0.15) is 205 Å². The van der Waals surface area contributed by atoms with Crippen molar-refractivity contribution in [3.05, 3.63) is 35.9 Å². The molecule has 0 radical (unpaired) electrons. The molecule has 0 aliphatic heterocycles. The Hall–Kier alpha value is -0.920. The molecule has 1 unspecified atom stereocenters. The molecule has 2 bridgehead atoms. The number of hydrogen-bond donors (Lipinski definition) is 0. The third-order valence-electron chi connectivity index (χ3n) is 17.0. The Kier molecular flexibility index (Phi) is 15.3. The van der Waals surface area contributed by atoms with Crippen LogP contribution in [0.3, 0.4) is 0 Å². The van der Waals surface area contributed by atoms with Gasteiger partial charge in [-0.25, -0.2) is 8.78 Å². The van der Waals surface area contributed by atoms with Gasteiger partial charge in [-0.2, -0.15) is 0 Å². The van der Waals surface area contributed by atoms with Gasteiger partial charge in [0.25, 0.3) is 0 Å². The van der Waals surface area contributed by atoms with Crippen LogP contribution in [0.2, 0.25) is 0 Å². The van der Waals surface area contributed by atoms with Crippen molar-refractivity contribution in [3.63, 3.8) is 0 Å². The van der Waals surface area contributed by atoms with Crippen molar-refractivity contribution in [3.8, 4) is 0 Å². The Bertz CT molecular complexity index is 1160. The van der Waals surface area contributed by atoms with E-state index in [1.54, 1.807) is 44.1 Å². The van der Waals surface area contributed by atoms with Crippen molar-refractivity contribution >= 4 is 0 Å². The van der Waals surface area contributed by atoms with E-state index in [0.717, 1.165) is 63.6 Å². The monoisotopic (exact) mass is 739 g/mol. The van der Waals surface area contributed by atoms with Gasteiger partial charge in [-0.05, 0) is 151 Å². The average Bonchev–Trinajstić information content (AvgIpc) is 3.87. The molecular formula is C51H88F2. The average molecular weight is 739 g/mol. The van der Waals surface area contributed by atoms with Gasteiger partial charge in [0.05, 0.1) is 0 Å². The topological polar surface area (TPSA) is 0 Å². The van der Waals surface area contributed by atoms with Gasteiger partial charge >= 0.3 is 0 Å². The lowest BCUT2D eigenvalue weighted by molar-refractivity contribution is -0.141. The van der Waals surface area contributed by atoms with Crippen molar-refractivity contribution in [1.82, 2.24) is 0 Å². The minimum Gasteiger partial charge on any atom is -0.207 e. The summed E-state index contributed by atoms with van der Waals surface area (Å²) < 4.78 is 24.3. The Morgan fingerprint density at radius 3 is 1.17 bits per heavy atom. The molecule has 1 atom stereocenters. The highest BCUT2D eigenvalue weighted by Crippen LogP contribution is 2.72. The van der Waals surface area contributed by atoms with Gasteiger partial charge in [0, 0.05) is 12.8 Å². The first-order valence-electron chi connectivity index (χ1n) is 23.1. The van der Waals surface area contributed by atoms with Crippen LogP contribution >= 0.6 is 0 Å². The van der Waals surface area contributed by atoms with Gasteiger partial charge in [-0.3, -0.25) is 0 Å². The predicted octanol–water partition coefficient (Wildman–Crippen LogP) is 16.6. The highest BCUT2D eigenvalue weighted by Gasteiger charge is 2.63. The first-order valence-corrected chi connectivity index (χ1v) is 23.1. The molecular weight excluding hydrogens is 651 g/mol. The van der Waals surface area contributed by atoms with Crippen LogP contribution in [0.25, 0.3) is 0 Å². The van der Waals surface area contributed by atoms with E-state index in [9.17, 15) is 8.78 Å². The van der Waals surface area contributed by atoms with Crippen LogP contribution in [0.15, 0.2) is 30.3 Å². The van der Waals surface area contributed by atoms with Crippen LogP contribution < -0.4 is 0 Å². The zero-order valence-electron chi connectivity index (χ0n) is 37.4. The summed E-state index contributed by atoms with van der Waals surface area (Å²) in [6, 6.07) is 11.0. The Morgan fingerprint density at radius 1 is 0.528 bits per heavy atom. The first kappa shape index (κ1) is 44.8. The first-order chi connectivity index (χ1) is 24.7. The number of halogens is 2. The van der Waals surface area contributed by atoms with E-state index in [4.69, 9.17) is 0 Å². The van der Waals surface area contributed by atoms with Gasteiger partial charge in [0.1, 0.15) is 0 Å². The van der Waals surface area contributed by atoms with Crippen LogP contribution in [0.5, 0.6) is 0 Å². The van der Waals surface area contributed by atoms with E-state index in [0.29, 0.717) is 11.3 Å². The van der Waals surface area contributed by atoms with E-state index in [2.05, 4.69) is 106 Å². The third-order valence-corrected chi connectivity index (χ3v) is 17.0.